The molecule has 15 heteroatoms. The number of imide groups is 3. The van der Waals surface area contributed by atoms with Gasteiger partial charge in [-0.25, -0.2) is 0 Å². The number of carbonyl (C=O) groups is 6. The van der Waals surface area contributed by atoms with Crippen LogP contribution in [0.3, 0.4) is 0 Å². The van der Waals surface area contributed by atoms with E-state index in [1.807, 2.05) is 0 Å². The number of hydrogen-bond donors (Lipinski definition) is 0. The number of ether oxygens (including phenoxy) is 3. The van der Waals surface area contributed by atoms with Gasteiger partial charge in [0.2, 0.25) is 0 Å². The van der Waals surface area contributed by atoms with E-state index in [0.717, 1.165) is 14.7 Å². The van der Waals surface area contributed by atoms with Gasteiger partial charge in [-0.2, -0.15) is 0 Å². The lowest BCUT2D eigenvalue weighted by Gasteiger charge is -2.27. The average Bonchev–Trinajstić information content (AvgIpc) is 3.38. The van der Waals surface area contributed by atoms with E-state index < -0.39 is 65.7 Å². The van der Waals surface area contributed by atoms with E-state index in [0.29, 0.717) is 0 Å². The molecule has 0 saturated heterocycles. The molecule has 6 rings (SSSR count). The van der Waals surface area contributed by atoms with Gasteiger partial charge in [0.25, 0.3) is 41.0 Å². The summed E-state index contributed by atoms with van der Waals surface area (Å²) < 4.78 is 17.8. The Morgan fingerprint density at radius 1 is 0.358 bits per heavy atom. The highest BCUT2D eigenvalue weighted by molar-refractivity contribution is 6.12. The zero-order chi connectivity index (χ0) is 47.4. The molecule has 67 heavy (non-hydrogen) atoms. The number of nitrogens with zero attached hydrogens (tertiary/aromatic N) is 4. The first kappa shape index (κ1) is 48.5. The molecule has 0 aliphatic heterocycles. The highest BCUT2D eigenvalue weighted by Gasteiger charge is 2.45. The zero-order valence-electron chi connectivity index (χ0n) is 36.5. The second-order valence-corrected chi connectivity index (χ2v) is 15.1. The van der Waals surface area contributed by atoms with Crippen LogP contribution < -0.4 is 0 Å². The summed E-state index contributed by atoms with van der Waals surface area (Å²) in [5.74, 6) is -3.64. The third-order valence-corrected chi connectivity index (χ3v) is 10.5. The van der Waals surface area contributed by atoms with Crippen LogP contribution in [0.2, 0.25) is 0 Å². The van der Waals surface area contributed by atoms with E-state index in [1.54, 1.807) is 182 Å². The first-order valence-electron chi connectivity index (χ1n) is 21.4. The van der Waals surface area contributed by atoms with Crippen LogP contribution >= 0.6 is 0 Å². The van der Waals surface area contributed by atoms with E-state index in [1.165, 1.54) is 0 Å². The largest absolute Gasteiger partial charge is 0.372 e. The van der Waals surface area contributed by atoms with Gasteiger partial charge in [-0.15, -0.1) is 0 Å². The van der Waals surface area contributed by atoms with Gasteiger partial charge in [0.05, 0.1) is 39.5 Å². The lowest BCUT2D eigenvalue weighted by Crippen LogP contribution is -2.52. The highest BCUT2D eigenvalue weighted by atomic mass is 16.6. The number of benzene rings is 6. The Hall–Kier alpha value is -7.98. The van der Waals surface area contributed by atoms with Crippen LogP contribution in [0.1, 0.15) is 62.1 Å². The van der Waals surface area contributed by atoms with Crippen molar-refractivity contribution in [2.45, 2.75) is 5.54 Å². The Labute approximate surface area is 387 Å². The summed E-state index contributed by atoms with van der Waals surface area (Å²) in [6.07, 6.45) is 0. The maximum atomic E-state index is 13.7. The van der Waals surface area contributed by atoms with Crippen LogP contribution in [0.15, 0.2) is 182 Å². The van der Waals surface area contributed by atoms with Gasteiger partial charge in [0.15, 0.2) is 0 Å². The molecule has 0 bridgehead atoms. The Balaban J connectivity index is 1.20. The van der Waals surface area contributed by atoms with Crippen molar-refractivity contribution in [2.75, 3.05) is 59.3 Å². The van der Waals surface area contributed by atoms with Crippen molar-refractivity contribution in [3.63, 3.8) is 0 Å². The topological polar surface area (TPSA) is 183 Å². The third kappa shape index (κ3) is 13.1. The fraction of sp³-hybridized carbons (Fsp3) is 0.192. The van der Waals surface area contributed by atoms with Gasteiger partial charge in [0.1, 0.15) is 19.8 Å². The van der Waals surface area contributed by atoms with Gasteiger partial charge < -0.3 is 14.2 Å². The van der Waals surface area contributed by atoms with E-state index >= 15 is 0 Å². The molecule has 342 valence electrons. The Morgan fingerprint density at radius 3 is 0.701 bits per heavy atom. The summed E-state index contributed by atoms with van der Waals surface area (Å²) in [5, 5.41) is 13.2. The summed E-state index contributed by atoms with van der Waals surface area (Å²) in [6.45, 7) is -3.81. The smallest absolute Gasteiger partial charge is 0.290 e. The predicted octanol–water partition coefficient (Wildman–Crippen LogP) is 7.00. The average molecular weight is 905 g/mol. The molecule has 15 nitrogen and oxygen atoms in total. The van der Waals surface area contributed by atoms with Crippen molar-refractivity contribution in [1.29, 1.82) is 0 Å². The summed E-state index contributed by atoms with van der Waals surface area (Å²) in [7, 11) is 0. The van der Waals surface area contributed by atoms with Gasteiger partial charge in [-0.1, -0.05) is 109 Å². The number of amides is 6. The zero-order valence-corrected chi connectivity index (χ0v) is 36.5. The molecular formula is C52H48N4O11. The summed E-state index contributed by atoms with van der Waals surface area (Å²) in [4.78, 5) is 97.5. The molecule has 0 saturated carbocycles. The minimum absolute atomic E-state index is 0.240. The lowest BCUT2D eigenvalue weighted by molar-refractivity contribution is -0.583. The fourth-order valence-corrected chi connectivity index (χ4v) is 6.84. The number of rotatable bonds is 22. The number of nitro groups is 1. The first-order chi connectivity index (χ1) is 32.6. The normalized spacial score (nSPS) is 11.0. The van der Waals surface area contributed by atoms with Crippen LogP contribution in [0.4, 0.5) is 0 Å². The van der Waals surface area contributed by atoms with Crippen molar-refractivity contribution in [3.05, 3.63) is 225 Å². The summed E-state index contributed by atoms with van der Waals surface area (Å²) >= 11 is 0. The van der Waals surface area contributed by atoms with E-state index in [-0.39, 0.29) is 72.8 Å². The van der Waals surface area contributed by atoms with Crippen LogP contribution in [0.25, 0.3) is 0 Å². The monoisotopic (exact) mass is 904 g/mol. The quantitative estimate of drug-likeness (QED) is 0.0296. The molecule has 0 unspecified atom stereocenters. The van der Waals surface area contributed by atoms with Crippen LogP contribution in [0, 0.1) is 10.1 Å². The van der Waals surface area contributed by atoms with Crippen molar-refractivity contribution < 1.29 is 47.9 Å². The molecular weight excluding hydrogens is 857 g/mol. The molecule has 0 heterocycles. The van der Waals surface area contributed by atoms with E-state index in [2.05, 4.69) is 0 Å². The lowest BCUT2D eigenvalue weighted by atomic mass is 10.0. The van der Waals surface area contributed by atoms with Crippen molar-refractivity contribution in [1.82, 2.24) is 14.7 Å². The first-order valence-corrected chi connectivity index (χ1v) is 21.4. The molecule has 6 aromatic carbocycles. The second-order valence-electron chi connectivity index (χ2n) is 15.1. The second kappa shape index (κ2) is 24.3. The predicted molar refractivity (Wildman–Crippen MR) is 247 cm³/mol. The maximum Gasteiger partial charge on any atom is 0.290 e. The minimum Gasteiger partial charge on any atom is -0.372 e. The summed E-state index contributed by atoms with van der Waals surface area (Å²) in [5.41, 5.74) is -0.719. The molecule has 6 amide bonds. The van der Waals surface area contributed by atoms with Gasteiger partial charge in [-0.05, 0) is 72.8 Å². The molecule has 0 atom stereocenters. The van der Waals surface area contributed by atoms with Crippen LogP contribution in [-0.4, -0.2) is 120 Å². The van der Waals surface area contributed by atoms with Gasteiger partial charge in [-0.3, -0.25) is 53.6 Å². The van der Waals surface area contributed by atoms with Gasteiger partial charge >= 0.3 is 0 Å². The number of carbonyl (C=O) groups excluding carboxylic acids is 6. The fourth-order valence-electron chi connectivity index (χ4n) is 6.84. The molecule has 0 fully saturated rings. The molecule has 0 spiro atoms. The molecule has 0 N–H and O–H groups in total. The Morgan fingerprint density at radius 2 is 0.537 bits per heavy atom. The molecule has 0 radical (unpaired) electrons. The van der Waals surface area contributed by atoms with Crippen LogP contribution in [-0.2, 0) is 14.2 Å². The standard InChI is InChI=1S/C52H48N4O11/c57-46(40-19-7-1-8-20-40)53(47(58)41-21-9-2-10-22-41)31-34-65-37-52(56(63)64,38-66-35-32-54(48(59)42-23-11-3-12-24-42)49(60)43-25-13-4-14-26-43)39-67-36-33-55(50(61)44-27-15-5-16-28-44)51(62)45-29-17-6-18-30-45/h1-30H,31-39H2. The SMILES string of the molecule is O=C(c1ccccc1)N(CCOCC(COCCN(C(=O)c1ccccc1)C(=O)c1ccccc1)(COCCN(C(=O)c1ccccc1)C(=O)c1ccccc1)[N+](=O)[O-])C(=O)c1ccccc1. The summed E-state index contributed by atoms with van der Waals surface area (Å²) in [6, 6.07) is 49.0. The third-order valence-electron chi connectivity index (χ3n) is 10.5. The molecule has 0 aromatic heterocycles. The van der Waals surface area contributed by atoms with Gasteiger partial charge in [0, 0.05) is 38.3 Å². The van der Waals surface area contributed by atoms with Crippen molar-refractivity contribution in [3.8, 4) is 0 Å². The maximum absolute atomic E-state index is 13.7. The molecule has 6 aromatic rings. The minimum atomic E-state index is -2.16. The van der Waals surface area contributed by atoms with Crippen LogP contribution in [0.5, 0.6) is 0 Å². The van der Waals surface area contributed by atoms with E-state index in [9.17, 15) is 38.9 Å². The van der Waals surface area contributed by atoms with Crippen molar-refractivity contribution in [2.24, 2.45) is 0 Å². The molecule has 0 aliphatic carbocycles. The number of hydrogen-bond acceptors (Lipinski definition) is 11. The molecule has 0 aliphatic rings. The Kier molecular flexibility index (Phi) is 17.6. The van der Waals surface area contributed by atoms with E-state index in [4.69, 9.17) is 14.2 Å². The Bertz CT molecular complexity index is 2160. The highest BCUT2D eigenvalue weighted by Crippen LogP contribution is 2.18. The van der Waals surface area contributed by atoms with Crippen molar-refractivity contribution >= 4 is 35.4 Å².